The summed E-state index contributed by atoms with van der Waals surface area (Å²) in [7, 11) is 0. The van der Waals surface area contributed by atoms with E-state index in [1.807, 2.05) is 19.9 Å². The average Bonchev–Trinajstić information content (AvgIpc) is 2.92. The van der Waals surface area contributed by atoms with Crippen LogP contribution in [0.25, 0.3) is 17.1 Å². The molecular formula is C29H28BrClFN5O3. The first-order valence-electron chi connectivity index (χ1n) is 12.9. The molecule has 0 bridgehead atoms. The summed E-state index contributed by atoms with van der Waals surface area (Å²) in [5.74, 6) is 0.599. The molecule has 0 aliphatic heterocycles. The highest BCUT2D eigenvalue weighted by molar-refractivity contribution is 9.10. The van der Waals surface area contributed by atoms with E-state index in [4.69, 9.17) is 21.3 Å². The third-order valence-corrected chi connectivity index (χ3v) is 8.17. The maximum atomic E-state index is 14.2. The van der Waals surface area contributed by atoms with Gasteiger partial charge in [-0.25, -0.2) is 14.4 Å². The molecule has 0 radical (unpaired) electrons. The molecule has 11 heteroatoms. The Bertz CT molecular complexity index is 1630. The summed E-state index contributed by atoms with van der Waals surface area (Å²) in [5, 5.41) is 10.5. The molecule has 0 saturated heterocycles. The first kappa shape index (κ1) is 28.3. The number of nitrogens with zero attached hydrogens (tertiary/aromatic N) is 5. The van der Waals surface area contributed by atoms with Crippen LogP contribution in [0.3, 0.4) is 0 Å². The van der Waals surface area contributed by atoms with E-state index >= 15 is 0 Å². The second-order valence-electron chi connectivity index (χ2n) is 10.4. The molecule has 1 aliphatic rings. The van der Waals surface area contributed by atoms with Crippen LogP contribution in [0.4, 0.5) is 4.39 Å². The van der Waals surface area contributed by atoms with Gasteiger partial charge in [-0.2, -0.15) is 0 Å². The Morgan fingerprint density at radius 2 is 1.90 bits per heavy atom. The van der Waals surface area contributed by atoms with Gasteiger partial charge in [0.25, 0.3) is 5.56 Å². The van der Waals surface area contributed by atoms with Crippen LogP contribution in [-0.2, 0) is 6.61 Å². The number of hydrogen-bond donors (Lipinski definition) is 1. The van der Waals surface area contributed by atoms with Gasteiger partial charge in [0.2, 0.25) is 0 Å². The summed E-state index contributed by atoms with van der Waals surface area (Å²) in [6.07, 6.45) is 7.83. The molecule has 208 valence electrons. The lowest BCUT2D eigenvalue weighted by Crippen LogP contribution is -2.30. The summed E-state index contributed by atoms with van der Waals surface area (Å²) in [5.41, 5.74) is 2.44. The van der Waals surface area contributed by atoms with E-state index in [1.54, 1.807) is 36.0 Å². The molecule has 4 heterocycles. The standard InChI is InChI=1S/C29H28BrClFN5O3/c1-16-13-34-22(21-6-9-33-27(36-21)18-4-7-29(3,39)8-5-18)12-24(16)37-17(2)10-25(26(30)28(37)38)40-15-23-20(32)11-19(31)14-35-23/h6,9-14,18,39H,4-5,7-8,15H2,1-3H3. The number of aliphatic hydroxyl groups is 1. The zero-order chi connectivity index (χ0) is 28.6. The van der Waals surface area contributed by atoms with Gasteiger partial charge in [0.1, 0.15) is 34.2 Å². The van der Waals surface area contributed by atoms with Crippen LogP contribution in [0, 0.1) is 19.7 Å². The zero-order valence-electron chi connectivity index (χ0n) is 22.3. The Balaban J connectivity index is 1.44. The molecule has 0 aromatic carbocycles. The summed E-state index contributed by atoms with van der Waals surface area (Å²) in [4.78, 5) is 31.4. The number of hydrogen-bond acceptors (Lipinski definition) is 7. The SMILES string of the molecule is Cc1cnc(-c2ccnc(C3CCC(C)(O)CC3)n2)cc1-n1c(C)cc(OCc2ncc(Cl)cc2F)c(Br)c1=O. The van der Waals surface area contributed by atoms with Gasteiger partial charge in [0.15, 0.2) is 0 Å². The summed E-state index contributed by atoms with van der Waals surface area (Å²) in [6, 6.07) is 6.51. The van der Waals surface area contributed by atoms with Gasteiger partial charge in [-0.1, -0.05) is 11.6 Å². The summed E-state index contributed by atoms with van der Waals surface area (Å²) < 4.78 is 21.7. The lowest BCUT2D eigenvalue weighted by Gasteiger charge is -2.32. The van der Waals surface area contributed by atoms with Gasteiger partial charge in [0.05, 0.1) is 27.7 Å². The van der Waals surface area contributed by atoms with Crippen LogP contribution in [0.15, 0.2) is 52.1 Å². The molecule has 0 unspecified atom stereocenters. The van der Waals surface area contributed by atoms with E-state index in [2.05, 4.69) is 30.9 Å². The Kier molecular flexibility index (Phi) is 8.03. The first-order chi connectivity index (χ1) is 19.0. The van der Waals surface area contributed by atoms with E-state index in [0.29, 0.717) is 35.6 Å². The fourth-order valence-corrected chi connectivity index (χ4v) is 5.44. The highest BCUT2D eigenvalue weighted by Crippen LogP contribution is 2.37. The van der Waals surface area contributed by atoms with E-state index in [9.17, 15) is 14.3 Å². The van der Waals surface area contributed by atoms with Crippen molar-refractivity contribution in [3.05, 3.63) is 91.3 Å². The highest BCUT2D eigenvalue weighted by atomic mass is 79.9. The number of aryl methyl sites for hydroxylation is 2. The van der Waals surface area contributed by atoms with Gasteiger partial charge in [0, 0.05) is 36.3 Å². The van der Waals surface area contributed by atoms with Crippen molar-refractivity contribution in [2.75, 3.05) is 0 Å². The maximum Gasteiger partial charge on any atom is 0.273 e. The van der Waals surface area contributed by atoms with Crippen molar-refractivity contribution in [1.82, 2.24) is 24.5 Å². The topological polar surface area (TPSA) is 103 Å². The predicted molar refractivity (Wildman–Crippen MR) is 153 cm³/mol. The molecule has 4 aromatic heterocycles. The van der Waals surface area contributed by atoms with Gasteiger partial charge in [-0.15, -0.1) is 0 Å². The van der Waals surface area contributed by atoms with E-state index in [0.717, 1.165) is 30.3 Å². The van der Waals surface area contributed by atoms with Crippen LogP contribution in [-0.4, -0.2) is 35.2 Å². The van der Waals surface area contributed by atoms with Crippen LogP contribution in [0.1, 0.15) is 61.3 Å². The van der Waals surface area contributed by atoms with Gasteiger partial charge < -0.3 is 9.84 Å². The minimum Gasteiger partial charge on any atom is -0.486 e. The molecular weight excluding hydrogens is 601 g/mol. The zero-order valence-corrected chi connectivity index (χ0v) is 24.6. The normalized spacial score (nSPS) is 19.0. The maximum absolute atomic E-state index is 14.2. The fourth-order valence-electron chi connectivity index (χ4n) is 4.89. The van der Waals surface area contributed by atoms with Gasteiger partial charge in [-0.3, -0.25) is 19.3 Å². The van der Waals surface area contributed by atoms with Gasteiger partial charge >= 0.3 is 0 Å². The molecule has 8 nitrogen and oxygen atoms in total. The van der Waals surface area contributed by atoms with Crippen molar-refractivity contribution >= 4 is 27.5 Å². The average molecular weight is 629 g/mol. The molecule has 0 spiro atoms. The smallest absolute Gasteiger partial charge is 0.273 e. The van der Waals surface area contributed by atoms with Crippen LogP contribution < -0.4 is 10.3 Å². The lowest BCUT2D eigenvalue weighted by atomic mass is 9.79. The third kappa shape index (κ3) is 5.94. The number of aromatic nitrogens is 5. The molecule has 5 rings (SSSR count). The molecule has 0 atom stereocenters. The Hall–Kier alpha value is -3.21. The van der Waals surface area contributed by atoms with E-state index in [1.165, 1.54) is 6.20 Å². The fraction of sp³-hybridized carbons (Fsp3) is 0.345. The van der Waals surface area contributed by atoms with Crippen molar-refractivity contribution < 1.29 is 14.2 Å². The Morgan fingerprint density at radius 1 is 1.15 bits per heavy atom. The minimum absolute atomic E-state index is 0.0792. The molecule has 1 N–H and O–H groups in total. The number of pyridine rings is 3. The number of halogens is 3. The largest absolute Gasteiger partial charge is 0.486 e. The molecule has 1 aliphatic carbocycles. The minimum atomic E-state index is -0.634. The molecule has 1 fully saturated rings. The van der Waals surface area contributed by atoms with Crippen molar-refractivity contribution in [3.8, 4) is 22.8 Å². The van der Waals surface area contributed by atoms with E-state index < -0.39 is 11.4 Å². The predicted octanol–water partition coefficient (Wildman–Crippen LogP) is 6.24. The van der Waals surface area contributed by atoms with Crippen molar-refractivity contribution in [2.24, 2.45) is 0 Å². The second-order valence-corrected chi connectivity index (χ2v) is 11.6. The van der Waals surface area contributed by atoms with Crippen LogP contribution in [0.2, 0.25) is 5.02 Å². The molecule has 40 heavy (non-hydrogen) atoms. The highest BCUT2D eigenvalue weighted by Gasteiger charge is 2.30. The quantitative estimate of drug-likeness (QED) is 0.270. The monoisotopic (exact) mass is 627 g/mol. The van der Waals surface area contributed by atoms with Crippen molar-refractivity contribution in [1.29, 1.82) is 0 Å². The lowest BCUT2D eigenvalue weighted by molar-refractivity contribution is 0.0164. The van der Waals surface area contributed by atoms with Crippen LogP contribution >= 0.6 is 27.5 Å². The van der Waals surface area contributed by atoms with Gasteiger partial charge in [-0.05, 0) is 86.1 Å². The van der Waals surface area contributed by atoms with Crippen molar-refractivity contribution in [3.63, 3.8) is 0 Å². The van der Waals surface area contributed by atoms with Crippen molar-refractivity contribution in [2.45, 2.75) is 64.6 Å². The van der Waals surface area contributed by atoms with Crippen LogP contribution in [0.5, 0.6) is 5.75 Å². The second kappa shape index (κ2) is 11.3. The number of ether oxygens (including phenoxy) is 1. The number of rotatable bonds is 6. The summed E-state index contributed by atoms with van der Waals surface area (Å²) >= 11 is 9.15. The third-order valence-electron chi connectivity index (χ3n) is 7.23. The molecule has 0 amide bonds. The van der Waals surface area contributed by atoms with E-state index in [-0.39, 0.29) is 39.0 Å². The Morgan fingerprint density at radius 3 is 2.62 bits per heavy atom. The molecule has 4 aromatic rings. The summed E-state index contributed by atoms with van der Waals surface area (Å²) in [6.45, 7) is 5.38. The Labute approximate surface area is 244 Å². The molecule has 1 saturated carbocycles. The first-order valence-corrected chi connectivity index (χ1v) is 14.1.